The molecule has 35 heavy (non-hydrogen) atoms. The van der Waals surface area contributed by atoms with Crippen LogP contribution in [0.5, 0.6) is 5.75 Å². The molecule has 4 nitrogen and oxygen atoms in total. The first-order valence-electron chi connectivity index (χ1n) is 11.5. The summed E-state index contributed by atoms with van der Waals surface area (Å²) in [6.07, 6.45) is 1.08. The van der Waals surface area contributed by atoms with Gasteiger partial charge in [-0.2, -0.15) is 0 Å². The molecule has 0 aliphatic heterocycles. The molecule has 178 valence electrons. The van der Waals surface area contributed by atoms with Crippen LogP contribution in [0.2, 0.25) is 0 Å². The molecule has 4 rings (SSSR count). The highest BCUT2D eigenvalue weighted by molar-refractivity contribution is 14.1. The van der Waals surface area contributed by atoms with Crippen LogP contribution in [0, 0.1) is 3.57 Å². The minimum atomic E-state index is -0.161. The lowest BCUT2D eigenvalue weighted by Crippen LogP contribution is -2.12. The number of hydrogen-bond donors (Lipinski definition) is 1. The molecule has 0 atom stereocenters. The van der Waals surface area contributed by atoms with E-state index in [4.69, 9.17) is 4.74 Å². The molecule has 0 saturated heterocycles. The van der Waals surface area contributed by atoms with Crippen LogP contribution in [-0.4, -0.2) is 18.3 Å². The van der Waals surface area contributed by atoms with Gasteiger partial charge in [-0.3, -0.25) is 9.59 Å². The van der Waals surface area contributed by atoms with E-state index < -0.39 is 0 Å². The predicted octanol–water partition coefficient (Wildman–Crippen LogP) is 7.61. The summed E-state index contributed by atoms with van der Waals surface area (Å²) in [5.74, 6) is 0.550. The Morgan fingerprint density at radius 1 is 0.914 bits per heavy atom. The lowest BCUT2D eigenvalue weighted by molar-refractivity contribution is -0.116. The van der Waals surface area contributed by atoms with Crippen LogP contribution in [0.4, 0.5) is 5.00 Å². The van der Waals surface area contributed by atoms with Crippen LogP contribution in [0.1, 0.15) is 40.6 Å². The van der Waals surface area contributed by atoms with Crippen molar-refractivity contribution in [3.05, 3.63) is 105 Å². The Kier molecular flexibility index (Phi) is 8.71. The average molecular weight is 596 g/mol. The second kappa shape index (κ2) is 12.1. The van der Waals surface area contributed by atoms with Gasteiger partial charge in [0, 0.05) is 29.7 Å². The molecule has 1 amide bonds. The molecule has 4 aromatic rings. The number of rotatable bonds is 10. The summed E-state index contributed by atoms with van der Waals surface area (Å²) in [5, 5.41) is 3.80. The van der Waals surface area contributed by atoms with Crippen LogP contribution >= 0.6 is 33.9 Å². The third kappa shape index (κ3) is 6.80. The minimum absolute atomic E-state index is 0.0537. The van der Waals surface area contributed by atoms with Crippen molar-refractivity contribution in [3.8, 4) is 16.9 Å². The maximum Gasteiger partial charge on any atom is 0.225 e. The first-order chi connectivity index (χ1) is 17.0. The van der Waals surface area contributed by atoms with Crippen molar-refractivity contribution >= 4 is 50.6 Å². The van der Waals surface area contributed by atoms with E-state index in [1.807, 2.05) is 61.5 Å². The molecule has 0 spiro atoms. The van der Waals surface area contributed by atoms with Crippen molar-refractivity contribution in [1.82, 2.24) is 0 Å². The third-order valence-corrected chi connectivity index (χ3v) is 7.39. The van der Waals surface area contributed by atoms with Crippen molar-refractivity contribution in [1.29, 1.82) is 0 Å². The van der Waals surface area contributed by atoms with Crippen molar-refractivity contribution in [2.24, 2.45) is 0 Å². The van der Waals surface area contributed by atoms with E-state index in [1.165, 1.54) is 10.4 Å². The first kappa shape index (κ1) is 25.1. The molecule has 0 aliphatic carbocycles. The number of ether oxygens (including phenoxy) is 1. The highest BCUT2D eigenvalue weighted by atomic mass is 127. The molecule has 1 N–H and O–H groups in total. The summed E-state index contributed by atoms with van der Waals surface area (Å²) in [6, 6.07) is 27.9. The van der Waals surface area contributed by atoms with Crippen LogP contribution in [0.15, 0.2) is 84.9 Å². The lowest BCUT2D eigenvalue weighted by atomic mass is 10.0. The number of amides is 1. The molecule has 0 bridgehead atoms. The lowest BCUT2D eigenvalue weighted by Gasteiger charge is -2.07. The van der Waals surface area contributed by atoms with E-state index in [9.17, 15) is 9.59 Å². The fourth-order valence-electron chi connectivity index (χ4n) is 3.78. The van der Waals surface area contributed by atoms with E-state index in [0.717, 1.165) is 31.9 Å². The number of halogens is 1. The van der Waals surface area contributed by atoms with Gasteiger partial charge in [0.2, 0.25) is 5.91 Å². The van der Waals surface area contributed by atoms with E-state index in [0.29, 0.717) is 12.2 Å². The summed E-state index contributed by atoms with van der Waals surface area (Å²) in [6.45, 7) is 2.50. The molecule has 1 aromatic heterocycles. The maximum absolute atomic E-state index is 12.7. The molecular weight excluding hydrogens is 569 g/mol. The van der Waals surface area contributed by atoms with Gasteiger partial charge in [0.15, 0.2) is 5.78 Å². The molecule has 1 heterocycles. The van der Waals surface area contributed by atoms with Gasteiger partial charge in [-0.05, 0) is 70.5 Å². The summed E-state index contributed by atoms with van der Waals surface area (Å²) in [7, 11) is 0. The van der Waals surface area contributed by atoms with Gasteiger partial charge in [-0.1, -0.05) is 60.7 Å². The second-order valence-electron chi connectivity index (χ2n) is 8.03. The van der Waals surface area contributed by atoms with E-state index in [-0.39, 0.29) is 24.5 Å². The van der Waals surface area contributed by atoms with Crippen molar-refractivity contribution in [3.63, 3.8) is 0 Å². The number of Topliss-reactive ketones (excluding diaryl/α,β-unsaturated/α-hetero) is 1. The Hall–Kier alpha value is -2.97. The molecule has 0 unspecified atom stereocenters. The standard InChI is InChI=1S/C29H26INO3S/c1-2-34-26-15-13-22(18-24(26)30)25(32)14-16-28(33)31-29-19-23(21-11-7-4-8-12-21)27(35-29)17-20-9-5-3-6-10-20/h3-13,15,18-19H,2,14,16-17H2,1H3,(H,31,33). The van der Waals surface area contributed by atoms with Gasteiger partial charge in [0.25, 0.3) is 0 Å². The molecule has 0 radical (unpaired) electrons. The van der Waals surface area contributed by atoms with Gasteiger partial charge in [-0.15, -0.1) is 11.3 Å². The number of ketones is 1. The Balaban J connectivity index is 1.43. The molecular formula is C29H26INO3S. The van der Waals surface area contributed by atoms with Crippen LogP contribution in [0.3, 0.4) is 0 Å². The first-order valence-corrected chi connectivity index (χ1v) is 13.4. The Morgan fingerprint density at radius 3 is 2.31 bits per heavy atom. The number of anilines is 1. The van der Waals surface area contributed by atoms with Crippen LogP contribution in [0.25, 0.3) is 11.1 Å². The number of nitrogens with one attached hydrogen (secondary N) is 1. The number of benzene rings is 3. The maximum atomic E-state index is 12.7. The van der Waals surface area contributed by atoms with Gasteiger partial charge in [0.1, 0.15) is 5.75 Å². The van der Waals surface area contributed by atoms with E-state index >= 15 is 0 Å². The quantitative estimate of drug-likeness (QED) is 0.152. The molecule has 0 saturated carbocycles. The SMILES string of the molecule is CCOc1ccc(C(=O)CCC(=O)Nc2cc(-c3ccccc3)c(Cc3ccccc3)s2)cc1I. The van der Waals surface area contributed by atoms with Gasteiger partial charge < -0.3 is 10.1 Å². The van der Waals surface area contributed by atoms with E-state index in [2.05, 4.69) is 52.2 Å². The fraction of sp³-hybridized carbons (Fsp3) is 0.172. The van der Waals surface area contributed by atoms with Crippen LogP contribution in [-0.2, 0) is 11.2 Å². The average Bonchev–Trinajstić information content (AvgIpc) is 3.26. The topological polar surface area (TPSA) is 55.4 Å². The third-order valence-electron chi connectivity index (χ3n) is 5.50. The number of carbonyl (C=O) groups is 2. The second-order valence-corrected chi connectivity index (χ2v) is 10.3. The fourth-order valence-corrected chi connectivity index (χ4v) is 5.59. The molecule has 0 aliphatic rings. The molecule has 0 fully saturated rings. The van der Waals surface area contributed by atoms with Crippen molar-refractivity contribution in [2.75, 3.05) is 11.9 Å². The number of thiophene rings is 1. The summed E-state index contributed by atoms with van der Waals surface area (Å²) in [4.78, 5) is 26.5. The molecule has 3 aromatic carbocycles. The Labute approximate surface area is 223 Å². The predicted molar refractivity (Wildman–Crippen MR) is 152 cm³/mol. The van der Waals surface area contributed by atoms with Crippen molar-refractivity contribution in [2.45, 2.75) is 26.2 Å². The highest BCUT2D eigenvalue weighted by Gasteiger charge is 2.15. The summed E-state index contributed by atoms with van der Waals surface area (Å²) < 4.78 is 6.42. The minimum Gasteiger partial charge on any atom is -0.493 e. The Bertz CT molecular complexity index is 1300. The monoisotopic (exact) mass is 595 g/mol. The number of hydrogen-bond acceptors (Lipinski definition) is 4. The zero-order chi connectivity index (χ0) is 24.6. The normalized spacial score (nSPS) is 10.7. The highest BCUT2D eigenvalue weighted by Crippen LogP contribution is 2.36. The summed E-state index contributed by atoms with van der Waals surface area (Å²) in [5.41, 5.74) is 4.06. The summed E-state index contributed by atoms with van der Waals surface area (Å²) >= 11 is 3.75. The van der Waals surface area contributed by atoms with Gasteiger partial charge >= 0.3 is 0 Å². The zero-order valence-corrected chi connectivity index (χ0v) is 22.4. The smallest absolute Gasteiger partial charge is 0.225 e. The zero-order valence-electron chi connectivity index (χ0n) is 19.4. The molecule has 6 heteroatoms. The Morgan fingerprint density at radius 2 is 1.63 bits per heavy atom. The van der Waals surface area contributed by atoms with Gasteiger partial charge in [0.05, 0.1) is 15.2 Å². The van der Waals surface area contributed by atoms with Crippen molar-refractivity contribution < 1.29 is 14.3 Å². The number of carbonyl (C=O) groups excluding carboxylic acids is 2. The van der Waals surface area contributed by atoms with Gasteiger partial charge in [-0.25, -0.2) is 0 Å². The van der Waals surface area contributed by atoms with Crippen LogP contribution < -0.4 is 10.1 Å². The largest absolute Gasteiger partial charge is 0.493 e. The van der Waals surface area contributed by atoms with E-state index in [1.54, 1.807) is 17.4 Å².